The van der Waals surface area contributed by atoms with E-state index < -0.39 is 6.09 Å². The molecule has 1 amide bonds. The molecule has 168 valence electrons. The molecule has 0 spiro atoms. The van der Waals surface area contributed by atoms with Crippen LogP contribution in [0.5, 0.6) is 0 Å². The Labute approximate surface area is 203 Å². The first-order valence-electron chi connectivity index (χ1n) is 10.2. The van der Waals surface area contributed by atoms with Gasteiger partial charge in [0.05, 0.1) is 29.4 Å². The Morgan fingerprint density at radius 1 is 1.00 bits per heavy atom. The lowest BCUT2D eigenvalue weighted by Gasteiger charge is -2.14. The van der Waals surface area contributed by atoms with E-state index in [-0.39, 0.29) is 5.56 Å². The maximum absolute atomic E-state index is 13.7. The molecule has 0 fully saturated rings. The Morgan fingerprint density at radius 2 is 1.76 bits per heavy atom. The molecule has 2 heterocycles. The summed E-state index contributed by atoms with van der Waals surface area (Å²) in [7, 11) is 1.28. The minimum absolute atomic E-state index is 0.238. The van der Waals surface area contributed by atoms with Gasteiger partial charge < -0.3 is 4.74 Å². The summed E-state index contributed by atoms with van der Waals surface area (Å²) in [4.78, 5) is 35.7. The van der Waals surface area contributed by atoms with Gasteiger partial charge in [-0.25, -0.2) is 14.8 Å². The number of nitrogens with one attached hydrogen (secondary N) is 1. The van der Waals surface area contributed by atoms with Crippen LogP contribution < -0.4 is 10.9 Å². The number of carbonyl (C=O) groups is 1. The lowest BCUT2D eigenvalue weighted by atomic mass is 10.1. The number of benzene rings is 3. The number of methoxy groups -OCH3 is 1. The normalized spacial score (nSPS) is 10.9. The van der Waals surface area contributed by atoms with Crippen molar-refractivity contribution >= 4 is 45.1 Å². The van der Waals surface area contributed by atoms with Crippen LogP contribution in [0.15, 0.2) is 83.7 Å². The second-order valence-electron chi connectivity index (χ2n) is 7.25. The number of para-hydroxylation sites is 1. The van der Waals surface area contributed by atoms with Gasteiger partial charge in [0.15, 0.2) is 11.0 Å². The van der Waals surface area contributed by atoms with Gasteiger partial charge in [0.1, 0.15) is 4.88 Å². The van der Waals surface area contributed by atoms with Crippen LogP contribution >= 0.6 is 22.9 Å². The topological polar surface area (TPSA) is 86.1 Å². The molecule has 0 aliphatic carbocycles. The van der Waals surface area contributed by atoms with Crippen LogP contribution in [0.25, 0.3) is 38.5 Å². The maximum Gasteiger partial charge on any atom is 0.413 e. The van der Waals surface area contributed by atoms with Crippen LogP contribution in [0.3, 0.4) is 0 Å². The van der Waals surface area contributed by atoms with Gasteiger partial charge in [-0.3, -0.25) is 14.7 Å². The Kier molecular flexibility index (Phi) is 5.83. The van der Waals surface area contributed by atoms with Gasteiger partial charge in [-0.15, -0.1) is 0 Å². The van der Waals surface area contributed by atoms with Gasteiger partial charge in [0.25, 0.3) is 5.56 Å². The fraction of sp³-hybridized carbons (Fsp3) is 0.0400. The van der Waals surface area contributed by atoms with Crippen molar-refractivity contribution in [1.82, 2.24) is 14.5 Å². The van der Waals surface area contributed by atoms with E-state index in [0.29, 0.717) is 43.1 Å². The van der Waals surface area contributed by atoms with Crippen molar-refractivity contribution in [2.45, 2.75) is 0 Å². The second kappa shape index (κ2) is 9.09. The fourth-order valence-electron chi connectivity index (χ4n) is 3.59. The zero-order valence-electron chi connectivity index (χ0n) is 17.9. The average molecular weight is 489 g/mol. The Balaban J connectivity index is 1.84. The number of thiazole rings is 1. The van der Waals surface area contributed by atoms with Gasteiger partial charge >= 0.3 is 6.09 Å². The molecule has 0 bridgehead atoms. The standard InChI is InChI=1S/C25H17ClN4O3S/c1-33-25(32)29-24-28-20(15-8-3-2-4-9-15)21(34-24)22-27-19-13-6-5-12-18(19)23(31)30(22)17-11-7-10-16(26)14-17/h2-14H,1H3,(H,28,29,32). The van der Waals surface area contributed by atoms with Crippen LogP contribution in [0.2, 0.25) is 5.02 Å². The Hall–Kier alpha value is -4.01. The number of nitrogens with zero attached hydrogens (tertiary/aromatic N) is 3. The number of carbonyl (C=O) groups excluding carboxylic acids is 1. The molecule has 3 aromatic carbocycles. The predicted octanol–water partition coefficient (Wildman–Crippen LogP) is 6.01. The van der Waals surface area contributed by atoms with Gasteiger partial charge in [-0.05, 0) is 30.3 Å². The molecule has 34 heavy (non-hydrogen) atoms. The Bertz CT molecular complexity index is 1580. The minimum Gasteiger partial charge on any atom is -0.453 e. The molecule has 0 saturated carbocycles. The minimum atomic E-state index is -0.640. The highest BCUT2D eigenvalue weighted by molar-refractivity contribution is 7.19. The van der Waals surface area contributed by atoms with E-state index in [1.807, 2.05) is 36.4 Å². The number of halogens is 1. The van der Waals surface area contributed by atoms with E-state index in [1.54, 1.807) is 42.5 Å². The van der Waals surface area contributed by atoms with E-state index in [0.717, 1.165) is 5.56 Å². The maximum atomic E-state index is 13.7. The molecule has 0 unspecified atom stereocenters. The molecule has 0 aliphatic heterocycles. The zero-order valence-corrected chi connectivity index (χ0v) is 19.4. The van der Waals surface area contributed by atoms with E-state index in [2.05, 4.69) is 10.3 Å². The molecule has 7 nitrogen and oxygen atoms in total. The largest absolute Gasteiger partial charge is 0.453 e. The number of aromatic nitrogens is 3. The summed E-state index contributed by atoms with van der Waals surface area (Å²) >= 11 is 7.46. The van der Waals surface area contributed by atoms with Crippen LogP contribution in [0, 0.1) is 0 Å². The summed E-state index contributed by atoms with van der Waals surface area (Å²) in [6.07, 6.45) is -0.640. The lowest BCUT2D eigenvalue weighted by Crippen LogP contribution is -2.21. The number of hydrogen-bond donors (Lipinski definition) is 1. The first-order valence-corrected chi connectivity index (χ1v) is 11.4. The van der Waals surface area contributed by atoms with Crippen LogP contribution in [-0.4, -0.2) is 27.7 Å². The molecule has 2 aromatic heterocycles. The third-order valence-corrected chi connectivity index (χ3v) is 6.32. The second-order valence-corrected chi connectivity index (χ2v) is 8.69. The Morgan fingerprint density at radius 3 is 2.53 bits per heavy atom. The molecule has 1 N–H and O–H groups in total. The third kappa shape index (κ3) is 4.05. The zero-order chi connectivity index (χ0) is 23.7. The van der Waals surface area contributed by atoms with Crippen LogP contribution in [-0.2, 0) is 4.74 Å². The van der Waals surface area contributed by atoms with Gasteiger partial charge in [-0.1, -0.05) is 71.5 Å². The molecule has 0 aliphatic rings. The van der Waals surface area contributed by atoms with Gasteiger partial charge in [-0.2, -0.15) is 0 Å². The van der Waals surface area contributed by atoms with Crippen molar-refractivity contribution in [3.05, 3.63) is 94.2 Å². The number of ether oxygens (including phenoxy) is 1. The highest BCUT2D eigenvalue weighted by Crippen LogP contribution is 2.39. The summed E-state index contributed by atoms with van der Waals surface area (Å²) < 4.78 is 6.25. The molecular formula is C25H17ClN4O3S. The molecule has 5 rings (SSSR count). The van der Waals surface area contributed by atoms with Crippen molar-refractivity contribution < 1.29 is 9.53 Å². The first-order chi connectivity index (χ1) is 16.5. The summed E-state index contributed by atoms with van der Waals surface area (Å²) in [5.74, 6) is 0.389. The molecule has 0 saturated heterocycles. The SMILES string of the molecule is COC(=O)Nc1nc(-c2ccccc2)c(-c2nc3ccccc3c(=O)n2-c2cccc(Cl)c2)s1. The van der Waals surface area contributed by atoms with Crippen molar-refractivity contribution in [3.63, 3.8) is 0 Å². The number of hydrogen-bond acceptors (Lipinski definition) is 6. The van der Waals surface area contributed by atoms with Gasteiger partial charge in [0.2, 0.25) is 0 Å². The number of fused-ring (bicyclic) bond motifs is 1. The van der Waals surface area contributed by atoms with E-state index in [1.165, 1.54) is 23.0 Å². The highest BCUT2D eigenvalue weighted by atomic mass is 35.5. The summed E-state index contributed by atoms with van der Waals surface area (Å²) in [6.45, 7) is 0. The molecule has 0 radical (unpaired) electrons. The first kappa shape index (κ1) is 21.8. The number of rotatable bonds is 4. The van der Waals surface area contributed by atoms with Crippen LogP contribution in [0.1, 0.15) is 0 Å². The van der Waals surface area contributed by atoms with E-state index in [9.17, 15) is 9.59 Å². The number of anilines is 1. The fourth-order valence-corrected chi connectivity index (χ4v) is 4.73. The molecular weight excluding hydrogens is 472 g/mol. The van der Waals surface area contributed by atoms with Crippen molar-refractivity contribution in [1.29, 1.82) is 0 Å². The quantitative estimate of drug-likeness (QED) is 0.335. The van der Waals surface area contributed by atoms with E-state index in [4.69, 9.17) is 21.3 Å². The van der Waals surface area contributed by atoms with Crippen molar-refractivity contribution in [3.8, 4) is 27.6 Å². The third-order valence-electron chi connectivity index (χ3n) is 5.11. The molecule has 0 atom stereocenters. The van der Waals surface area contributed by atoms with Crippen LogP contribution in [0.4, 0.5) is 9.93 Å². The summed E-state index contributed by atoms with van der Waals surface area (Å²) in [6, 6.07) is 23.7. The van der Waals surface area contributed by atoms with Crippen molar-refractivity contribution in [2.75, 3.05) is 12.4 Å². The van der Waals surface area contributed by atoms with Gasteiger partial charge in [0, 0.05) is 10.6 Å². The highest BCUT2D eigenvalue weighted by Gasteiger charge is 2.23. The summed E-state index contributed by atoms with van der Waals surface area (Å²) in [5.41, 5.74) is 2.27. The average Bonchev–Trinajstić information content (AvgIpc) is 3.28. The van der Waals surface area contributed by atoms with Crippen molar-refractivity contribution in [2.24, 2.45) is 0 Å². The number of amides is 1. The lowest BCUT2D eigenvalue weighted by molar-refractivity contribution is 0.187. The monoisotopic (exact) mass is 488 g/mol. The molecule has 5 aromatic rings. The molecule has 9 heteroatoms. The smallest absolute Gasteiger partial charge is 0.413 e. The predicted molar refractivity (Wildman–Crippen MR) is 135 cm³/mol. The van der Waals surface area contributed by atoms with E-state index >= 15 is 0 Å². The summed E-state index contributed by atoms with van der Waals surface area (Å²) in [5, 5.41) is 3.91.